The first-order valence-corrected chi connectivity index (χ1v) is 11.7. The molecule has 2 aromatic rings. The van der Waals surface area contributed by atoms with Gasteiger partial charge >= 0.3 is 0 Å². The smallest absolute Gasteiger partial charge is 0.224 e. The number of hydrogen-bond acceptors (Lipinski definition) is 5. The molecule has 4 rings (SSSR count). The highest BCUT2D eigenvalue weighted by Gasteiger charge is 2.40. The average Bonchev–Trinajstić information content (AvgIpc) is 3.04. The summed E-state index contributed by atoms with van der Waals surface area (Å²) in [4.78, 5) is 26.2. The molecule has 0 radical (unpaired) electrons. The fourth-order valence-corrected chi connectivity index (χ4v) is 5.28. The van der Waals surface area contributed by atoms with E-state index in [1.807, 2.05) is 17.9 Å². The van der Waals surface area contributed by atoms with Crippen LogP contribution in [0, 0.1) is 12.8 Å². The minimum absolute atomic E-state index is 0.0456. The highest BCUT2D eigenvalue weighted by molar-refractivity contribution is 5.94. The fraction of sp³-hybridized carbons (Fsp3) is 0.560. The van der Waals surface area contributed by atoms with Crippen LogP contribution >= 0.6 is 0 Å². The molecule has 6 nitrogen and oxygen atoms in total. The molecular weight excluding hydrogens is 386 g/mol. The molecule has 2 aliphatic heterocycles. The van der Waals surface area contributed by atoms with Gasteiger partial charge in [0.15, 0.2) is 0 Å². The summed E-state index contributed by atoms with van der Waals surface area (Å²) < 4.78 is 0. The van der Waals surface area contributed by atoms with Crippen LogP contribution in [-0.4, -0.2) is 35.0 Å². The lowest BCUT2D eigenvalue weighted by Gasteiger charge is -2.45. The van der Waals surface area contributed by atoms with Crippen molar-refractivity contribution in [3.8, 4) is 0 Å². The zero-order valence-electron chi connectivity index (χ0n) is 19.3. The topological polar surface area (TPSA) is 61.4 Å². The molecule has 1 saturated heterocycles. The lowest BCUT2D eigenvalue weighted by molar-refractivity contribution is -0.117. The van der Waals surface area contributed by atoms with Crippen molar-refractivity contribution in [2.24, 2.45) is 5.92 Å². The zero-order chi connectivity index (χ0) is 22.0. The Bertz CT molecular complexity index is 922. The summed E-state index contributed by atoms with van der Waals surface area (Å²) in [5.41, 5.74) is 4.38. The van der Waals surface area contributed by atoms with E-state index in [4.69, 9.17) is 0 Å². The van der Waals surface area contributed by atoms with E-state index in [1.165, 1.54) is 36.9 Å². The van der Waals surface area contributed by atoms with E-state index >= 15 is 0 Å². The van der Waals surface area contributed by atoms with Gasteiger partial charge < -0.3 is 15.1 Å². The van der Waals surface area contributed by atoms with Crippen LogP contribution in [0.2, 0.25) is 0 Å². The third kappa shape index (κ3) is 4.39. The Labute approximate surface area is 186 Å². The molecule has 2 aliphatic rings. The second kappa shape index (κ2) is 9.25. The molecule has 166 valence electrons. The maximum atomic E-state index is 12.7. The third-order valence-electron chi connectivity index (χ3n) is 6.88. The number of fused-ring (bicyclic) bond motifs is 1. The molecule has 1 fully saturated rings. The van der Waals surface area contributed by atoms with Gasteiger partial charge in [-0.05, 0) is 50.5 Å². The monoisotopic (exact) mass is 421 g/mol. The van der Waals surface area contributed by atoms with Crippen LogP contribution in [0.4, 0.5) is 17.3 Å². The Hall–Kier alpha value is -2.63. The molecule has 0 saturated carbocycles. The first-order chi connectivity index (χ1) is 15.0. The molecule has 0 spiro atoms. The van der Waals surface area contributed by atoms with E-state index in [0.717, 1.165) is 30.9 Å². The average molecular weight is 422 g/mol. The van der Waals surface area contributed by atoms with Gasteiger partial charge in [-0.3, -0.25) is 4.79 Å². The first-order valence-electron chi connectivity index (χ1n) is 11.7. The van der Waals surface area contributed by atoms with Gasteiger partial charge in [-0.15, -0.1) is 0 Å². The van der Waals surface area contributed by atoms with Gasteiger partial charge in [-0.2, -0.15) is 0 Å². The van der Waals surface area contributed by atoms with Gasteiger partial charge in [0.25, 0.3) is 0 Å². The largest absolute Gasteiger partial charge is 0.372 e. The number of carbonyl (C=O) groups is 1. The van der Waals surface area contributed by atoms with Crippen molar-refractivity contribution in [2.45, 2.75) is 71.9 Å². The Morgan fingerprint density at radius 2 is 1.90 bits per heavy atom. The van der Waals surface area contributed by atoms with Gasteiger partial charge in [-0.1, -0.05) is 26.7 Å². The van der Waals surface area contributed by atoms with Crippen molar-refractivity contribution >= 4 is 23.2 Å². The van der Waals surface area contributed by atoms with Crippen molar-refractivity contribution in [2.75, 3.05) is 28.2 Å². The summed E-state index contributed by atoms with van der Waals surface area (Å²) in [6.07, 6.45) is 7.80. The second-order valence-corrected chi connectivity index (χ2v) is 9.01. The van der Waals surface area contributed by atoms with Gasteiger partial charge in [0.05, 0.1) is 6.04 Å². The number of aryl methyl sites for hydroxylation is 1. The molecule has 31 heavy (non-hydrogen) atoms. The Kier molecular flexibility index (Phi) is 6.44. The van der Waals surface area contributed by atoms with Crippen LogP contribution in [0.3, 0.4) is 0 Å². The van der Waals surface area contributed by atoms with Gasteiger partial charge in [-0.25, -0.2) is 9.97 Å². The predicted octanol–water partition coefficient (Wildman–Crippen LogP) is 5.10. The van der Waals surface area contributed by atoms with Crippen LogP contribution in [0.15, 0.2) is 30.5 Å². The number of nitrogens with one attached hydrogen (secondary N) is 1. The SMILES string of the molecule is CC[C@H]1[C@H](C)[C@@H](Nc2nccc(C)n2)c2cc(N3CCCCCC3)ccc2N1C(C)=O. The number of amides is 1. The minimum Gasteiger partial charge on any atom is -0.372 e. The number of carbonyl (C=O) groups excluding carboxylic acids is 1. The summed E-state index contributed by atoms with van der Waals surface area (Å²) in [7, 11) is 0. The van der Waals surface area contributed by atoms with Crippen LogP contribution in [-0.2, 0) is 4.79 Å². The Morgan fingerprint density at radius 3 is 2.55 bits per heavy atom. The molecule has 1 N–H and O–H groups in total. The molecular formula is C25H35N5O. The summed E-state index contributed by atoms with van der Waals surface area (Å²) in [5.74, 6) is 0.978. The maximum absolute atomic E-state index is 12.7. The van der Waals surface area contributed by atoms with E-state index in [2.05, 4.69) is 52.2 Å². The number of nitrogens with zero attached hydrogens (tertiary/aromatic N) is 4. The van der Waals surface area contributed by atoms with E-state index < -0.39 is 0 Å². The van der Waals surface area contributed by atoms with E-state index in [1.54, 1.807) is 13.1 Å². The number of anilines is 3. The predicted molar refractivity (Wildman–Crippen MR) is 127 cm³/mol. The number of benzene rings is 1. The number of aromatic nitrogens is 2. The highest BCUT2D eigenvalue weighted by Crippen LogP contribution is 2.44. The third-order valence-corrected chi connectivity index (χ3v) is 6.88. The van der Waals surface area contributed by atoms with Gasteiger partial charge in [0, 0.05) is 60.8 Å². The molecule has 1 amide bonds. The van der Waals surface area contributed by atoms with E-state index in [9.17, 15) is 4.79 Å². The van der Waals surface area contributed by atoms with Crippen molar-refractivity contribution in [1.82, 2.24) is 9.97 Å². The summed E-state index contributed by atoms with van der Waals surface area (Å²) in [6.45, 7) is 10.3. The van der Waals surface area contributed by atoms with Gasteiger partial charge in [0.2, 0.25) is 11.9 Å². The molecule has 6 heteroatoms. The number of rotatable bonds is 4. The van der Waals surface area contributed by atoms with E-state index in [-0.39, 0.29) is 23.9 Å². The molecule has 1 aromatic heterocycles. The van der Waals surface area contributed by atoms with Crippen molar-refractivity contribution in [1.29, 1.82) is 0 Å². The first kappa shape index (κ1) is 21.6. The van der Waals surface area contributed by atoms with Gasteiger partial charge in [0.1, 0.15) is 0 Å². The van der Waals surface area contributed by atoms with Crippen molar-refractivity contribution < 1.29 is 4.79 Å². The normalized spacial score (nSPS) is 23.8. The number of hydrogen-bond donors (Lipinski definition) is 1. The van der Waals surface area contributed by atoms with E-state index in [0.29, 0.717) is 5.95 Å². The maximum Gasteiger partial charge on any atom is 0.224 e. The fourth-order valence-electron chi connectivity index (χ4n) is 5.28. The summed E-state index contributed by atoms with van der Waals surface area (Å²) in [5, 5.41) is 3.62. The lowest BCUT2D eigenvalue weighted by atomic mass is 9.80. The summed E-state index contributed by atoms with van der Waals surface area (Å²) in [6, 6.07) is 8.74. The minimum atomic E-state index is 0.0456. The Morgan fingerprint density at radius 1 is 1.16 bits per heavy atom. The van der Waals surface area contributed by atoms with Crippen LogP contribution in [0.5, 0.6) is 0 Å². The summed E-state index contributed by atoms with van der Waals surface area (Å²) >= 11 is 0. The zero-order valence-corrected chi connectivity index (χ0v) is 19.3. The Balaban J connectivity index is 1.77. The molecule has 1 aromatic carbocycles. The molecule has 3 atom stereocenters. The quantitative estimate of drug-likeness (QED) is 0.744. The van der Waals surface area contributed by atoms with Crippen molar-refractivity contribution in [3.63, 3.8) is 0 Å². The van der Waals surface area contributed by atoms with Crippen LogP contribution in [0.25, 0.3) is 0 Å². The second-order valence-electron chi connectivity index (χ2n) is 9.01. The lowest BCUT2D eigenvalue weighted by Crippen LogP contribution is -2.49. The molecule has 3 heterocycles. The molecule has 0 aliphatic carbocycles. The molecule has 0 bridgehead atoms. The van der Waals surface area contributed by atoms with Crippen LogP contribution < -0.4 is 15.1 Å². The molecule has 0 unspecified atom stereocenters. The highest BCUT2D eigenvalue weighted by atomic mass is 16.2. The van der Waals surface area contributed by atoms with Crippen LogP contribution in [0.1, 0.15) is 70.2 Å². The van der Waals surface area contributed by atoms with Crippen molar-refractivity contribution in [3.05, 3.63) is 41.7 Å². The standard InChI is InChI=1S/C25H35N5O/c1-5-22-18(3)24(28-25-26-13-12-17(2)27-25)21-16-20(29-14-8-6-7-9-15-29)10-11-23(21)30(22)19(4)31/h10-13,16,18,22,24H,5-9,14-15H2,1-4H3,(H,26,27,28)/t18-,22-,24+/m0/s1.